The predicted octanol–water partition coefficient (Wildman–Crippen LogP) is 2.94. The summed E-state index contributed by atoms with van der Waals surface area (Å²) in [5.41, 5.74) is 1.04. The van der Waals surface area contributed by atoms with Crippen molar-refractivity contribution in [2.24, 2.45) is 0 Å². The summed E-state index contributed by atoms with van der Waals surface area (Å²) >= 11 is 0. The van der Waals surface area contributed by atoms with E-state index in [1.165, 1.54) is 12.3 Å². The minimum Gasteiger partial charge on any atom is -0.497 e. The maximum atomic E-state index is 12.6. The fraction of sp³-hybridized carbons (Fsp3) is 0.136. The SMILES string of the molecule is COc1ccc(NC(=O)COC(=O)C(NC(=O)c2ccco2)c2ccccc2)cc1. The van der Waals surface area contributed by atoms with Crippen molar-refractivity contribution in [3.8, 4) is 5.75 Å². The van der Waals surface area contributed by atoms with Crippen LogP contribution in [0.25, 0.3) is 0 Å². The van der Waals surface area contributed by atoms with Crippen LogP contribution in [-0.2, 0) is 14.3 Å². The zero-order valence-corrected chi connectivity index (χ0v) is 16.2. The van der Waals surface area contributed by atoms with E-state index in [4.69, 9.17) is 13.9 Å². The van der Waals surface area contributed by atoms with Gasteiger partial charge in [-0.3, -0.25) is 9.59 Å². The quantitative estimate of drug-likeness (QED) is 0.555. The highest BCUT2D eigenvalue weighted by molar-refractivity contribution is 5.96. The Morgan fingerprint density at radius 1 is 0.967 bits per heavy atom. The second-order valence-electron chi connectivity index (χ2n) is 6.18. The summed E-state index contributed by atoms with van der Waals surface area (Å²) in [5.74, 6) is -1.16. The van der Waals surface area contributed by atoms with Crippen molar-refractivity contribution in [1.82, 2.24) is 5.32 Å². The van der Waals surface area contributed by atoms with Crippen LogP contribution in [0.1, 0.15) is 22.2 Å². The fourth-order valence-corrected chi connectivity index (χ4v) is 2.63. The van der Waals surface area contributed by atoms with Crippen LogP contribution in [0.2, 0.25) is 0 Å². The van der Waals surface area contributed by atoms with Crippen molar-refractivity contribution in [1.29, 1.82) is 0 Å². The van der Waals surface area contributed by atoms with E-state index in [9.17, 15) is 14.4 Å². The first-order chi connectivity index (χ1) is 14.6. The van der Waals surface area contributed by atoms with Gasteiger partial charge < -0.3 is 24.5 Å². The minimum absolute atomic E-state index is 0.0565. The molecular formula is C22H20N2O6. The number of carbonyl (C=O) groups is 3. The summed E-state index contributed by atoms with van der Waals surface area (Å²) in [7, 11) is 1.54. The van der Waals surface area contributed by atoms with Crippen LogP contribution in [-0.4, -0.2) is 31.5 Å². The predicted molar refractivity (Wildman–Crippen MR) is 108 cm³/mol. The molecule has 2 aromatic carbocycles. The number of amides is 2. The first-order valence-corrected chi connectivity index (χ1v) is 9.06. The van der Waals surface area contributed by atoms with Gasteiger partial charge in [0.15, 0.2) is 18.4 Å². The highest BCUT2D eigenvalue weighted by Crippen LogP contribution is 2.17. The van der Waals surface area contributed by atoms with Gasteiger partial charge >= 0.3 is 5.97 Å². The third kappa shape index (κ3) is 5.48. The summed E-state index contributed by atoms with van der Waals surface area (Å²) in [6, 6.07) is 17.2. The molecule has 0 saturated carbocycles. The van der Waals surface area contributed by atoms with Crippen LogP contribution in [0.15, 0.2) is 77.4 Å². The molecule has 30 heavy (non-hydrogen) atoms. The molecule has 0 fully saturated rings. The zero-order chi connectivity index (χ0) is 21.3. The van der Waals surface area contributed by atoms with Gasteiger partial charge in [-0.1, -0.05) is 30.3 Å². The van der Waals surface area contributed by atoms with Crippen LogP contribution in [0.3, 0.4) is 0 Å². The number of furan rings is 1. The Balaban J connectivity index is 1.62. The average Bonchev–Trinajstić information content (AvgIpc) is 3.32. The third-order valence-corrected chi connectivity index (χ3v) is 4.11. The largest absolute Gasteiger partial charge is 0.497 e. The number of hydrogen-bond donors (Lipinski definition) is 2. The van der Waals surface area contributed by atoms with Gasteiger partial charge in [0.05, 0.1) is 13.4 Å². The lowest BCUT2D eigenvalue weighted by atomic mass is 10.1. The first kappa shape index (κ1) is 20.7. The van der Waals surface area contributed by atoms with Crippen molar-refractivity contribution >= 4 is 23.5 Å². The molecule has 0 spiro atoms. The second-order valence-corrected chi connectivity index (χ2v) is 6.18. The average molecular weight is 408 g/mol. The van der Waals surface area contributed by atoms with Gasteiger partial charge in [0.1, 0.15) is 5.75 Å². The molecule has 3 rings (SSSR count). The lowest BCUT2D eigenvalue weighted by Crippen LogP contribution is -2.36. The van der Waals surface area contributed by atoms with Crippen molar-refractivity contribution < 1.29 is 28.3 Å². The molecule has 1 unspecified atom stereocenters. The topological polar surface area (TPSA) is 107 Å². The zero-order valence-electron chi connectivity index (χ0n) is 16.2. The summed E-state index contributed by atoms with van der Waals surface area (Å²) in [6.45, 7) is -0.509. The molecule has 0 aliphatic heterocycles. The maximum absolute atomic E-state index is 12.6. The molecule has 2 N–H and O–H groups in total. The van der Waals surface area contributed by atoms with Gasteiger partial charge in [-0.05, 0) is 42.0 Å². The van der Waals surface area contributed by atoms with Gasteiger partial charge in [0, 0.05) is 5.69 Å². The molecule has 1 heterocycles. The highest BCUT2D eigenvalue weighted by atomic mass is 16.5. The molecule has 0 aliphatic carbocycles. The van der Waals surface area contributed by atoms with Crippen molar-refractivity contribution in [2.45, 2.75) is 6.04 Å². The molecule has 154 valence electrons. The number of benzene rings is 2. The Bertz CT molecular complexity index is 984. The standard InChI is InChI=1S/C22H20N2O6/c1-28-17-11-9-16(10-12-17)23-19(25)14-30-22(27)20(15-6-3-2-4-7-15)24-21(26)18-8-5-13-29-18/h2-13,20H,14H2,1H3,(H,23,25)(H,24,26). The van der Waals surface area contributed by atoms with E-state index in [0.29, 0.717) is 17.0 Å². The third-order valence-electron chi connectivity index (χ3n) is 4.11. The van der Waals surface area contributed by atoms with Crippen LogP contribution in [0.4, 0.5) is 5.69 Å². The Morgan fingerprint density at radius 3 is 2.33 bits per heavy atom. The van der Waals surface area contributed by atoms with Crippen LogP contribution in [0.5, 0.6) is 5.75 Å². The van der Waals surface area contributed by atoms with Gasteiger partial charge in [-0.15, -0.1) is 0 Å². The molecule has 8 heteroatoms. The van der Waals surface area contributed by atoms with E-state index < -0.39 is 30.4 Å². The highest BCUT2D eigenvalue weighted by Gasteiger charge is 2.26. The fourth-order valence-electron chi connectivity index (χ4n) is 2.63. The van der Waals surface area contributed by atoms with Gasteiger partial charge in [-0.25, -0.2) is 4.79 Å². The summed E-state index contributed by atoms with van der Waals surface area (Å²) in [4.78, 5) is 37.1. The first-order valence-electron chi connectivity index (χ1n) is 9.06. The van der Waals surface area contributed by atoms with Crippen LogP contribution in [0, 0.1) is 0 Å². The van der Waals surface area contributed by atoms with E-state index in [2.05, 4.69) is 10.6 Å². The number of carbonyl (C=O) groups excluding carboxylic acids is 3. The molecule has 0 bridgehead atoms. The van der Waals surface area contributed by atoms with E-state index in [0.717, 1.165) is 0 Å². The monoisotopic (exact) mass is 408 g/mol. The van der Waals surface area contributed by atoms with Gasteiger partial charge in [0.25, 0.3) is 11.8 Å². The summed E-state index contributed by atoms with van der Waals surface area (Å²) in [5, 5.41) is 5.19. The van der Waals surface area contributed by atoms with Crippen LogP contribution >= 0.6 is 0 Å². The van der Waals surface area contributed by atoms with Gasteiger partial charge in [0.2, 0.25) is 0 Å². The van der Waals surface area contributed by atoms with Gasteiger partial charge in [-0.2, -0.15) is 0 Å². The van der Waals surface area contributed by atoms with E-state index >= 15 is 0 Å². The number of anilines is 1. The molecule has 0 aliphatic rings. The normalized spacial score (nSPS) is 11.2. The van der Waals surface area contributed by atoms with Crippen LogP contribution < -0.4 is 15.4 Å². The maximum Gasteiger partial charge on any atom is 0.333 e. The number of ether oxygens (including phenoxy) is 2. The smallest absolute Gasteiger partial charge is 0.333 e. The lowest BCUT2D eigenvalue weighted by Gasteiger charge is -2.17. The molecular weight excluding hydrogens is 388 g/mol. The molecule has 8 nitrogen and oxygen atoms in total. The number of esters is 1. The Labute approximate surface area is 172 Å². The summed E-state index contributed by atoms with van der Waals surface area (Å²) < 4.78 is 15.2. The number of rotatable bonds is 8. The molecule has 1 aromatic heterocycles. The molecule has 2 amide bonds. The van der Waals surface area contributed by atoms with Crippen molar-refractivity contribution in [3.63, 3.8) is 0 Å². The molecule has 0 saturated heterocycles. The van der Waals surface area contributed by atoms with Crippen molar-refractivity contribution in [2.75, 3.05) is 19.0 Å². The number of nitrogens with one attached hydrogen (secondary N) is 2. The van der Waals surface area contributed by atoms with Crippen molar-refractivity contribution in [3.05, 3.63) is 84.3 Å². The van der Waals surface area contributed by atoms with E-state index in [-0.39, 0.29) is 5.76 Å². The number of methoxy groups -OCH3 is 1. The molecule has 1 atom stereocenters. The molecule has 3 aromatic rings. The lowest BCUT2D eigenvalue weighted by molar-refractivity contribution is -0.149. The second kappa shape index (κ2) is 9.92. The Morgan fingerprint density at radius 2 is 1.70 bits per heavy atom. The minimum atomic E-state index is -1.10. The Kier molecular flexibility index (Phi) is 6.83. The van der Waals surface area contributed by atoms with E-state index in [1.807, 2.05) is 0 Å². The Hall–Kier alpha value is -4.07. The molecule has 0 radical (unpaired) electrons. The summed E-state index contributed by atoms with van der Waals surface area (Å²) in [6.07, 6.45) is 1.36. The number of hydrogen-bond acceptors (Lipinski definition) is 6. The van der Waals surface area contributed by atoms with E-state index in [1.54, 1.807) is 67.8 Å².